The highest BCUT2D eigenvalue weighted by atomic mass is 35.5. The van der Waals surface area contributed by atoms with Gasteiger partial charge in [0.05, 0.1) is 16.7 Å². The number of halogens is 2. The number of nitrogens with two attached hydrogens (primary N) is 1. The number of hydrogen-bond donors (Lipinski definition) is 1. The van der Waals surface area contributed by atoms with Gasteiger partial charge in [-0.05, 0) is 37.1 Å². The molecule has 0 amide bonds. The molecule has 0 aliphatic carbocycles. The molecule has 0 bridgehead atoms. The third kappa shape index (κ3) is 2.80. The van der Waals surface area contributed by atoms with Gasteiger partial charge in [0.1, 0.15) is 5.75 Å². The first kappa shape index (κ1) is 14.0. The largest absolute Gasteiger partial charge is 0.492 e. The van der Waals surface area contributed by atoms with E-state index in [2.05, 4.69) is 0 Å². The minimum Gasteiger partial charge on any atom is -0.492 e. The van der Waals surface area contributed by atoms with Gasteiger partial charge >= 0.3 is 0 Å². The predicted molar refractivity (Wildman–Crippen MR) is 82.2 cm³/mol. The summed E-state index contributed by atoms with van der Waals surface area (Å²) in [4.78, 5) is 0. The smallest absolute Gasteiger partial charge is 0.139 e. The molecule has 0 fully saturated rings. The molecule has 2 nitrogen and oxygen atoms in total. The second-order valence-corrected chi connectivity index (χ2v) is 5.03. The molecule has 0 aliphatic rings. The van der Waals surface area contributed by atoms with Gasteiger partial charge in [0.2, 0.25) is 0 Å². The highest BCUT2D eigenvalue weighted by Crippen LogP contribution is 2.38. The molecular weight excluding hydrogens is 281 g/mol. The highest BCUT2D eigenvalue weighted by Gasteiger charge is 2.12. The Bertz CT molecular complexity index is 611. The van der Waals surface area contributed by atoms with Gasteiger partial charge in [-0.3, -0.25) is 0 Å². The second kappa shape index (κ2) is 5.72. The van der Waals surface area contributed by atoms with Crippen molar-refractivity contribution in [3.63, 3.8) is 0 Å². The third-order valence-electron chi connectivity index (χ3n) is 2.99. The summed E-state index contributed by atoms with van der Waals surface area (Å²) in [6.07, 6.45) is 0. The minimum absolute atomic E-state index is 0.545. The van der Waals surface area contributed by atoms with E-state index in [0.29, 0.717) is 22.4 Å². The number of hydrogen-bond acceptors (Lipinski definition) is 2. The molecule has 0 spiro atoms. The summed E-state index contributed by atoms with van der Waals surface area (Å²) in [5, 5.41) is 1.14. The van der Waals surface area contributed by atoms with Crippen molar-refractivity contribution in [3.05, 3.63) is 45.9 Å². The molecule has 0 saturated heterocycles. The molecule has 2 aromatic carbocycles. The van der Waals surface area contributed by atoms with Crippen molar-refractivity contribution in [2.75, 3.05) is 12.3 Å². The van der Waals surface area contributed by atoms with Gasteiger partial charge in [0.15, 0.2) is 0 Å². The lowest BCUT2D eigenvalue weighted by molar-refractivity contribution is 0.340. The molecule has 0 unspecified atom stereocenters. The van der Waals surface area contributed by atoms with E-state index in [-0.39, 0.29) is 0 Å². The Morgan fingerprint density at radius 1 is 1.11 bits per heavy atom. The van der Waals surface area contributed by atoms with Crippen molar-refractivity contribution in [1.82, 2.24) is 0 Å². The van der Waals surface area contributed by atoms with Crippen LogP contribution < -0.4 is 10.5 Å². The van der Waals surface area contributed by atoms with Gasteiger partial charge in [-0.25, -0.2) is 0 Å². The quantitative estimate of drug-likeness (QED) is 0.813. The van der Waals surface area contributed by atoms with E-state index >= 15 is 0 Å². The molecule has 0 saturated carbocycles. The van der Waals surface area contributed by atoms with Crippen LogP contribution >= 0.6 is 23.2 Å². The molecule has 2 rings (SSSR count). The number of rotatable bonds is 3. The van der Waals surface area contributed by atoms with Crippen LogP contribution in [0.5, 0.6) is 5.75 Å². The van der Waals surface area contributed by atoms with Crippen molar-refractivity contribution in [3.8, 4) is 16.9 Å². The fourth-order valence-corrected chi connectivity index (χ4v) is 2.42. The zero-order chi connectivity index (χ0) is 14.0. The number of benzene rings is 2. The number of nitrogen functional groups attached to an aromatic ring is 1. The van der Waals surface area contributed by atoms with Crippen molar-refractivity contribution in [2.24, 2.45) is 0 Å². The van der Waals surface area contributed by atoms with Gasteiger partial charge in [-0.15, -0.1) is 0 Å². The standard InChI is InChI=1S/C15H15Cl2NO/c1-3-19-15-8-12(16)11(7-13(15)17)10-5-4-6-14(18)9(10)2/h4-8H,3,18H2,1-2H3. The molecule has 2 aromatic rings. The molecule has 0 heterocycles. The average Bonchev–Trinajstić information content (AvgIpc) is 2.37. The summed E-state index contributed by atoms with van der Waals surface area (Å²) in [5.41, 5.74) is 9.49. The lowest BCUT2D eigenvalue weighted by Gasteiger charge is -2.13. The van der Waals surface area contributed by atoms with Crippen molar-refractivity contribution >= 4 is 28.9 Å². The zero-order valence-electron chi connectivity index (χ0n) is 10.8. The van der Waals surface area contributed by atoms with Gasteiger partial charge in [-0.2, -0.15) is 0 Å². The van der Waals surface area contributed by atoms with E-state index in [1.807, 2.05) is 38.1 Å². The monoisotopic (exact) mass is 295 g/mol. The van der Waals surface area contributed by atoms with E-state index < -0.39 is 0 Å². The van der Waals surface area contributed by atoms with Crippen LogP contribution in [0.25, 0.3) is 11.1 Å². The lowest BCUT2D eigenvalue weighted by atomic mass is 9.99. The Hall–Kier alpha value is -1.38. The third-order valence-corrected chi connectivity index (χ3v) is 3.60. The maximum atomic E-state index is 6.32. The molecular formula is C15H15Cl2NO. The van der Waals surface area contributed by atoms with Gasteiger partial charge in [0, 0.05) is 17.3 Å². The Labute approximate surface area is 123 Å². The first-order chi connectivity index (χ1) is 9.04. The average molecular weight is 296 g/mol. The Balaban J connectivity index is 2.57. The van der Waals surface area contributed by atoms with Crippen LogP contribution in [0.3, 0.4) is 0 Å². The van der Waals surface area contributed by atoms with Crippen LogP contribution in [-0.2, 0) is 0 Å². The molecule has 0 radical (unpaired) electrons. The summed E-state index contributed by atoms with van der Waals surface area (Å²) in [6, 6.07) is 9.30. The summed E-state index contributed by atoms with van der Waals surface area (Å²) in [5.74, 6) is 0.597. The van der Waals surface area contributed by atoms with Crippen LogP contribution in [-0.4, -0.2) is 6.61 Å². The van der Waals surface area contributed by atoms with Gasteiger partial charge in [-0.1, -0.05) is 35.3 Å². The lowest BCUT2D eigenvalue weighted by Crippen LogP contribution is -1.95. The van der Waals surface area contributed by atoms with Gasteiger partial charge < -0.3 is 10.5 Å². The maximum Gasteiger partial charge on any atom is 0.139 e. The summed E-state index contributed by atoms with van der Waals surface area (Å²) in [7, 11) is 0. The SMILES string of the molecule is CCOc1cc(Cl)c(-c2cccc(N)c2C)cc1Cl. The summed E-state index contributed by atoms with van der Waals surface area (Å²) < 4.78 is 5.42. The van der Waals surface area contributed by atoms with E-state index in [0.717, 1.165) is 22.4 Å². The Morgan fingerprint density at radius 2 is 1.84 bits per heavy atom. The van der Waals surface area contributed by atoms with Crippen LogP contribution in [0.15, 0.2) is 30.3 Å². The Morgan fingerprint density at radius 3 is 2.53 bits per heavy atom. The highest BCUT2D eigenvalue weighted by molar-refractivity contribution is 6.36. The first-order valence-electron chi connectivity index (χ1n) is 6.02. The van der Waals surface area contributed by atoms with Crippen LogP contribution in [0.1, 0.15) is 12.5 Å². The van der Waals surface area contributed by atoms with E-state index in [4.69, 9.17) is 33.7 Å². The predicted octanol–water partition coefficient (Wildman–Crippen LogP) is 4.95. The fourth-order valence-electron chi connectivity index (χ4n) is 1.95. The van der Waals surface area contributed by atoms with Crippen LogP contribution in [0, 0.1) is 6.92 Å². The molecule has 2 N–H and O–H groups in total. The molecule has 19 heavy (non-hydrogen) atoms. The Kier molecular flexibility index (Phi) is 4.23. The van der Waals surface area contributed by atoms with Crippen LogP contribution in [0.2, 0.25) is 10.0 Å². The topological polar surface area (TPSA) is 35.2 Å². The van der Waals surface area contributed by atoms with E-state index in [1.54, 1.807) is 6.07 Å². The van der Waals surface area contributed by atoms with Crippen LogP contribution in [0.4, 0.5) is 5.69 Å². The molecule has 0 atom stereocenters. The van der Waals surface area contributed by atoms with E-state index in [9.17, 15) is 0 Å². The second-order valence-electron chi connectivity index (χ2n) is 4.22. The zero-order valence-corrected chi connectivity index (χ0v) is 12.3. The van der Waals surface area contributed by atoms with Crippen molar-refractivity contribution < 1.29 is 4.74 Å². The molecule has 4 heteroatoms. The number of anilines is 1. The van der Waals surface area contributed by atoms with Gasteiger partial charge in [0.25, 0.3) is 0 Å². The summed E-state index contributed by atoms with van der Waals surface area (Å²) >= 11 is 12.5. The molecule has 0 aliphatic heterocycles. The molecule has 100 valence electrons. The summed E-state index contributed by atoms with van der Waals surface area (Å²) in [6.45, 7) is 4.41. The first-order valence-corrected chi connectivity index (χ1v) is 6.77. The normalized spacial score (nSPS) is 10.5. The molecule has 0 aromatic heterocycles. The number of ether oxygens (including phenoxy) is 1. The van der Waals surface area contributed by atoms with Crippen molar-refractivity contribution in [2.45, 2.75) is 13.8 Å². The fraction of sp³-hybridized carbons (Fsp3) is 0.200. The van der Waals surface area contributed by atoms with Crippen molar-refractivity contribution in [1.29, 1.82) is 0 Å². The maximum absolute atomic E-state index is 6.32. The minimum atomic E-state index is 0.545. The van der Waals surface area contributed by atoms with E-state index in [1.165, 1.54) is 0 Å².